The summed E-state index contributed by atoms with van der Waals surface area (Å²) >= 11 is 3.63. The van der Waals surface area contributed by atoms with Crippen molar-refractivity contribution >= 4 is 15.9 Å². The zero-order valence-corrected chi connectivity index (χ0v) is 12.0. The Balaban J connectivity index is 1.78. The molecule has 0 radical (unpaired) electrons. The molecule has 0 heterocycles. The van der Waals surface area contributed by atoms with Gasteiger partial charge in [0, 0.05) is 5.33 Å². The van der Waals surface area contributed by atoms with Crippen molar-refractivity contribution < 1.29 is 0 Å². The molecule has 0 nitrogen and oxygen atoms in total. The molecule has 0 aromatic carbocycles. The van der Waals surface area contributed by atoms with Crippen molar-refractivity contribution in [2.24, 2.45) is 29.1 Å². The van der Waals surface area contributed by atoms with E-state index in [1.54, 1.807) is 0 Å². The van der Waals surface area contributed by atoms with Gasteiger partial charge in [0.2, 0.25) is 0 Å². The van der Waals surface area contributed by atoms with Crippen molar-refractivity contribution in [3.63, 3.8) is 0 Å². The van der Waals surface area contributed by atoms with Crippen LogP contribution in [0, 0.1) is 29.1 Å². The van der Waals surface area contributed by atoms with Gasteiger partial charge in [0.15, 0.2) is 0 Å². The maximum Gasteiger partial charge on any atom is 0.00625 e. The zero-order chi connectivity index (χ0) is 11.1. The number of hydrogen-bond acceptors (Lipinski definition) is 0. The molecule has 2 atom stereocenters. The van der Waals surface area contributed by atoms with E-state index in [2.05, 4.69) is 36.7 Å². The van der Waals surface area contributed by atoms with Gasteiger partial charge in [-0.25, -0.2) is 0 Å². The lowest BCUT2D eigenvalue weighted by Gasteiger charge is -2.37. The fourth-order valence-corrected chi connectivity index (χ4v) is 4.18. The zero-order valence-electron chi connectivity index (χ0n) is 10.4. The Morgan fingerprint density at radius 3 is 2.07 bits per heavy atom. The van der Waals surface area contributed by atoms with E-state index in [-0.39, 0.29) is 0 Å². The summed E-state index contributed by atoms with van der Waals surface area (Å²) in [5.41, 5.74) is 0.545. The molecule has 0 amide bonds. The van der Waals surface area contributed by atoms with E-state index in [9.17, 15) is 0 Å². The molecule has 0 saturated heterocycles. The van der Waals surface area contributed by atoms with Gasteiger partial charge in [0.25, 0.3) is 0 Å². The van der Waals surface area contributed by atoms with Gasteiger partial charge < -0.3 is 0 Å². The highest BCUT2D eigenvalue weighted by Gasteiger charge is 2.43. The minimum absolute atomic E-state index is 0.545. The third-order valence-corrected chi connectivity index (χ3v) is 5.61. The van der Waals surface area contributed by atoms with E-state index in [1.807, 2.05) is 0 Å². The first-order valence-corrected chi connectivity index (χ1v) is 7.70. The van der Waals surface area contributed by atoms with Gasteiger partial charge in [0.1, 0.15) is 0 Å². The van der Waals surface area contributed by atoms with Crippen molar-refractivity contribution in [3.8, 4) is 0 Å². The van der Waals surface area contributed by atoms with Crippen molar-refractivity contribution in [3.05, 3.63) is 0 Å². The van der Waals surface area contributed by atoms with Crippen LogP contribution in [0.25, 0.3) is 0 Å². The topological polar surface area (TPSA) is 0 Å². The lowest BCUT2D eigenvalue weighted by atomic mass is 9.69. The molecular weight excluding hydrogens is 248 g/mol. The molecule has 2 aliphatic rings. The van der Waals surface area contributed by atoms with E-state index >= 15 is 0 Å². The quantitative estimate of drug-likeness (QED) is 0.630. The average molecular weight is 273 g/mol. The maximum atomic E-state index is 3.63. The Labute approximate surface area is 103 Å². The second-order valence-corrected chi connectivity index (χ2v) is 7.44. The largest absolute Gasteiger partial charge is 0.0925 e. The molecule has 15 heavy (non-hydrogen) atoms. The predicted octanol–water partition coefficient (Wildman–Crippen LogP) is 4.87. The van der Waals surface area contributed by atoms with Crippen LogP contribution in [0.1, 0.15) is 52.9 Å². The molecule has 2 aliphatic carbocycles. The predicted molar refractivity (Wildman–Crippen MR) is 70.3 cm³/mol. The molecule has 1 heteroatoms. The third-order valence-electron chi connectivity index (χ3n) is 4.78. The van der Waals surface area contributed by atoms with Gasteiger partial charge in [-0.1, -0.05) is 36.7 Å². The normalized spacial score (nSPS) is 41.6. The summed E-state index contributed by atoms with van der Waals surface area (Å²) in [7, 11) is 0. The van der Waals surface area contributed by atoms with Crippen LogP contribution in [0.5, 0.6) is 0 Å². The second kappa shape index (κ2) is 4.39. The molecule has 0 aliphatic heterocycles. The minimum Gasteiger partial charge on any atom is -0.0925 e. The summed E-state index contributed by atoms with van der Waals surface area (Å²) < 4.78 is 0. The second-order valence-electron chi connectivity index (χ2n) is 6.79. The van der Waals surface area contributed by atoms with Gasteiger partial charge >= 0.3 is 0 Å². The van der Waals surface area contributed by atoms with Gasteiger partial charge in [-0.3, -0.25) is 0 Å². The highest BCUT2D eigenvalue weighted by molar-refractivity contribution is 9.09. The molecule has 0 aromatic rings. The van der Waals surface area contributed by atoms with Crippen LogP contribution >= 0.6 is 15.9 Å². The summed E-state index contributed by atoms with van der Waals surface area (Å²) in [6.07, 6.45) is 7.50. The van der Waals surface area contributed by atoms with E-state index in [4.69, 9.17) is 0 Å². The first-order valence-electron chi connectivity index (χ1n) is 6.58. The van der Waals surface area contributed by atoms with Crippen molar-refractivity contribution in [2.75, 3.05) is 5.33 Å². The molecule has 2 fully saturated rings. The number of hydrogen-bond donors (Lipinski definition) is 0. The standard InChI is InChI=1S/C14H25Br/c1-14(2,3)12-6-4-10(5-7-12)13-8-11(13)9-15/h10-13H,4-9H2,1-3H3. The fraction of sp³-hybridized carbons (Fsp3) is 1.00. The van der Waals surface area contributed by atoms with E-state index < -0.39 is 0 Å². The summed E-state index contributed by atoms with van der Waals surface area (Å²) in [5.74, 6) is 4.17. The van der Waals surface area contributed by atoms with Crippen LogP contribution in [-0.2, 0) is 0 Å². The summed E-state index contributed by atoms with van der Waals surface area (Å²) in [5, 5.41) is 1.25. The van der Waals surface area contributed by atoms with Crippen molar-refractivity contribution in [1.29, 1.82) is 0 Å². The molecule has 0 bridgehead atoms. The molecular formula is C14H25Br. The van der Waals surface area contributed by atoms with E-state index in [0.29, 0.717) is 5.41 Å². The SMILES string of the molecule is CC(C)(C)C1CCC(C2CC2CBr)CC1. The first kappa shape index (κ1) is 12.0. The minimum atomic E-state index is 0.545. The van der Waals surface area contributed by atoms with Crippen molar-refractivity contribution in [2.45, 2.75) is 52.9 Å². The van der Waals surface area contributed by atoms with Crippen LogP contribution in [0.15, 0.2) is 0 Å². The highest BCUT2D eigenvalue weighted by Crippen LogP contribution is 2.52. The lowest BCUT2D eigenvalue weighted by molar-refractivity contribution is 0.140. The van der Waals surface area contributed by atoms with Gasteiger partial charge in [-0.15, -0.1) is 0 Å². The molecule has 0 aromatic heterocycles. The Bertz CT molecular complexity index is 208. The van der Waals surface area contributed by atoms with Crippen molar-refractivity contribution in [1.82, 2.24) is 0 Å². The van der Waals surface area contributed by atoms with Gasteiger partial charge in [-0.05, 0) is 61.2 Å². The number of alkyl halides is 1. The fourth-order valence-electron chi connectivity index (χ4n) is 3.44. The summed E-state index contributed by atoms with van der Waals surface area (Å²) in [4.78, 5) is 0. The molecule has 0 spiro atoms. The summed E-state index contributed by atoms with van der Waals surface area (Å²) in [6.45, 7) is 7.24. The van der Waals surface area contributed by atoms with E-state index in [1.165, 1.54) is 37.4 Å². The number of rotatable bonds is 2. The molecule has 2 saturated carbocycles. The molecule has 0 N–H and O–H groups in total. The van der Waals surface area contributed by atoms with Gasteiger partial charge in [-0.2, -0.15) is 0 Å². The summed E-state index contributed by atoms with van der Waals surface area (Å²) in [6, 6.07) is 0. The molecule has 88 valence electrons. The average Bonchev–Trinajstić information content (AvgIpc) is 2.95. The first-order chi connectivity index (χ1) is 7.02. The Morgan fingerprint density at radius 1 is 1.07 bits per heavy atom. The van der Waals surface area contributed by atoms with Crippen LogP contribution in [0.3, 0.4) is 0 Å². The monoisotopic (exact) mass is 272 g/mol. The van der Waals surface area contributed by atoms with Crippen LogP contribution in [-0.4, -0.2) is 5.33 Å². The van der Waals surface area contributed by atoms with Gasteiger partial charge in [0.05, 0.1) is 0 Å². The highest BCUT2D eigenvalue weighted by atomic mass is 79.9. The smallest absolute Gasteiger partial charge is 0.00625 e. The van der Waals surface area contributed by atoms with E-state index in [0.717, 1.165) is 23.7 Å². The Morgan fingerprint density at radius 2 is 1.67 bits per heavy atom. The van der Waals surface area contributed by atoms with Crippen LogP contribution in [0.2, 0.25) is 0 Å². The molecule has 2 rings (SSSR count). The van der Waals surface area contributed by atoms with Crippen LogP contribution in [0.4, 0.5) is 0 Å². The van der Waals surface area contributed by atoms with Crippen LogP contribution < -0.4 is 0 Å². The maximum absolute atomic E-state index is 3.63. The Hall–Kier alpha value is 0.480. The molecule has 2 unspecified atom stereocenters. The number of halogens is 1. The third kappa shape index (κ3) is 2.78. The Kier molecular flexibility index (Phi) is 3.50. The lowest BCUT2D eigenvalue weighted by Crippen LogP contribution is -2.26.